The second kappa shape index (κ2) is 9.31. The molecule has 0 atom stereocenters. The lowest BCUT2D eigenvalue weighted by atomic mass is 10.1. The Labute approximate surface area is 181 Å². The van der Waals surface area contributed by atoms with Gasteiger partial charge < -0.3 is 14.5 Å². The number of rotatable bonds is 4. The molecule has 0 bridgehead atoms. The summed E-state index contributed by atoms with van der Waals surface area (Å²) < 4.78 is 5.99. The van der Waals surface area contributed by atoms with E-state index in [1.165, 1.54) is 19.3 Å². The van der Waals surface area contributed by atoms with E-state index in [1.54, 1.807) is 29.2 Å². The number of carbonyl (C=O) groups excluding carboxylic acids is 1. The number of halogens is 1. The third-order valence-corrected chi connectivity index (χ3v) is 5.96. The van der Waals surface area contributed by atoms with Gasteiger partial charge in [0, 0.05) is 45.1 Å². The van der Waals surface area contributed by atoms with Crippen molar-refractivity contribution in [2.75, 3.05) is 31.1 Å². The van der Waals surface area contributed by atoms with Crippen molar-refractivity contribution in [1.29, 1.82) is 5.26 Å². The molecule has 4 rings (SSSR count). The number of carbonyl (C=O) groups is 1. The first-order valence-corrected chi connectivity index (χ1v) is 10.8. The molecule has 0 radical (unpaired) electrons. The summed E-state index contributed by atoms with van der Waals surface area (Å²) in [5, 5.41) is 17.8. The molecule has 7 nitrogen and oxygen atoms in total. The number of hydrogen-bond donors (Lipinski definition) is 0. The van der Waals surface area contributed by atoms with Gasteiger partial charge in [0.1, 0.15) is 17.9 Å². The van der Waals surface area contributed by atoms with E-state index in [9.17, 15) is 4.79 Å². The third-order valence-electron chi connectivity index (χ3n) is 5.64. The van der Waals surface area contributed by atoms with E-state index in [0.717, 1.165) is 31.7 Å². The van der Waals surface area contributed by atoms with Gasteiger partial charge in [-0.3, -0.25) is 4.79 Å². The van der Waals surface area contributed by atoms with Crippen molar-refractivity contribution >= 4 is 23.3 Å². The van der Waals surface area contributed by atoms with Crippen LogP contribution in [-0.2, 0) is 0 Å². The normalized spacial score (nSPS) is 17.5. The summed E-state index contributed by atoms with van der Waals surface area (Å²) in [6, 6.07) is 10.8. The molecular weight excluding hydrogens is 402 g/mol. The van der Waals surface area contributed by atoms with Crippen LogP contribution in [0.15, 0.2) is 30.3 Å². The molecule has 156 valence electrons. The molecule has 0 unspecified atom stereocenters. The fourth-order valence-corrected chi connectivity index (χ4v) is 4.13. The van der Waals surface area contributed by atoms with Crippen LogP contribution in [0, 0.1) is 11.3 Å². The predicted octanol–water partition coefficient (Wildman–Crippen LogP) is 3.68. The quantitative estimate of drug-likeness (QED) is 0.743. The van der Waals surface area contributed by atoms with Gasteiger partial charge in [0.05, 0.1) is 10.6 Å². The number of piperidine rings is 2. The highest BCUT2D eigenvalue weighted by Gasteiger charge is 2.26. The maximum atomic E-state index is 12.8. The summed E-state index contributed by atoms with van der Waals surface area (Å²) >= 11 is 6.07. The van der Waals surface area contributed by atoms with Crippen molar-refractivity contribution in [1.82, 2.24) is 15.1 Å². The van der Waals surface area contributed by atoms with Gasteiger partial charge in [-0.2, -0.15) is 5.26 Å². The Bertz CT molecular complexity index is 930. The van der Waals surface area contributed by atoms with Crippen LogP contribution in [0.5, 0.6) is 5.75 Å². The molecule has 0 N–H and O–H groups in total. The molecule has 1 aromatic carbocycles. The van der Waals surface area contributed by atoms with Crippen molar-refractivity contribution in [3.63, 3.8) is 0 Å². The summed E-state index contributed by atoms with van der Waals surface area (Å²) in [6.07, 6.45) is 5.07. The average molecular weight is 426 g/mol. The molecule has 2 fully saturated rings. The number of hydrogen-bond acceptors (Lipinski definition) is 6. The molecule has 1 amide bonds. The van der Waals surface area contributed by atoms with E-state index in [2.05, 4.69) is 15.1 Å². The zero-order valence-corrected chi connectivity index (χ0v) is 17.5. The fourth-order valence-electron chi connectivity index (χ4n) is 3.92. The molecule has 30 heavy (non-hydrogen) atoms. The minimum atomic E-state index is -0.0902. The molecule has 2 saturated heterocycles. The van der Waals surface area contributed by atoms with E-state index in [-0.39, 0.29) is 12.0 Å². The molecule has 2 aliphatic rings. The number of nitriles is 1. The van der Waals surface area contributed by atoms with Gasteiger partial charge in [0.25, 0.3) is 5.91 Å². The maximum absolute atomic E-state index is 12.8. The van der Waals surface area contributed by atoms with Gasteiger partial charge >= 0.3 is 0 Å². The van der Waals surface area contributed by atoms with E-state index >= 15 is 0 Å². The molecule has 0 aliphatic carbocycles. The number of benzene rings is 1. The van der Waals surface area contributed by atoms with E-state index in [1.807, 2.05) is 12.1 Å². The van der Waals surface area contributed by atoms with Gasteiger partial charge in [0.15, 0.2) is 11.5 Å². The molecule has 2 aliphatic heterocycles. The number of amides is 1. The Kier molecular flexibility index (Phi) is 6.34. The van der Waals surface area contributed by atoms with Crippen LogP contribution in [-0.4, -0.2) is 53.3 Å². The number of ether oxygens (including phenoxy) is 1. The Morgan fingerprint density at radius 1 is 1.07 bits per heavy atom. The van der Waals surface area contributed by atoms with Crippen LogP contribution in [0.25, 0.3) is 0 Å². The van der Waals surface area contributed by atoms with Crippen molar-refractivity contribution in [3.05, 3.63) is 46.6 Å². The van der Waals surface area contributed by atoms with Gasteiger partial charge in [-0.25, -0.2) is 0 Å². The lowest BCUT2D eigenvalue weighted by Gasteiger charge is -2.32. The lowest BCUT2D eigenvalue weighted by Crippen LogP contribution is -2.42. The number of anilines is 1. The molecule has 3 heterocycles. The van der Waals surface area contributed by atoms with E-state index in [0.29, 0.717) is 35.1 Å². The Hall–Kier alpha value is -2.85. The second-order valence-electron chi connectivity index (χ2n) is 7.69. The first kappa shape index (κ1) is 20.4. The Morgan fingerprint density at radius 2 is 1.83 bits per heavy atom. The van der Waals surface area contributed by atoms with Gasteiger partial charge in [-0.05, 0) is 43.5 Å². The molecule has 8 heteroatoms. The van der Waals surface area contributed by atoms with Crippen LogP contribution in [0.2, 0.25) is 5.02 Å². The van der Waals surface area contributed by atoms with Crippen LogP contribution in [0.3, 0.4) is 0 Å². The van der Waals surface area contributed by atoms with Crippen LogP contribution >= 0.6 is 11.6 Å². The first-order chi connectivity index (χ1) is 14.6. The van der Waals surface area contributed by atoms with Crippen LogP contribution < -0.4 is 9.64 Å². The summed E-state index contributed by atoms with van der Waals surface area (Å²) in [5.41, 5.74) is 0.811. The molecule has 1 aromatic heterocycles. The summed E-state index contributed by atoms with van der Waals surface area (Å²) in [5.74, 6) is 1.40. The molecule has 0 spiro atoms. The highest BCUT2D eigenvalue weighted by atomic mass is 35.5. The smallest absolute Gasteiger partial charge is 0.274 e. The predicted molar refractivity (Wildman–Crippen MR) is 114 cm³/mol. The molecule has 2 aromatic rings. The minimum Gasteiger partial charge on any atom is -0.490 e. The highest BCUT2D eigenvalue weighted by molar-refractivity contribution is 6.31. The van der Waals surface area contributed by atoms with Gasteiger partial charge in [-0.1, -0.05) is 11.6 Å². The topological polar surface area (TPSA) is 82.4 Å². The lowest BCUT2D eigenvalue weighted by molar-refractivity contribution is 0.0589. The van der Waals surface area contributed by atoms with Crippen molar-refractivity contribution in [3.8, 4) is 11.8 Å². The standard InChI is InChI=1S/C22H24ClN5O2/c23-19-14-18(5-4-16(19)15-24)30-17-8-12-28(13-9-17)22(29)20-6-7-21(26-25-20)27-10-2-1-3-11-27/h4-7,14,17H,1-3,8-13H2. The number of nitrogens with zero attached hydrogens (tertiary/aromatic N) is 5. The van der Waals surface area contributed by atoms with E-state index in [4.69, 9.17) is 21.6 Å². The van der Waals surface area contributed by atoms with Crippen LogP contribution in [0.1, 0.15) is 48.2 Å². The third kappa shape index (κ3) is 4.65. The Balaban J connectivity index is 1.31. The summed E-state index contributed by atoms with van der Waals surface area (Å²) in [6.45, 7) is 3.20. The molecular formula is C22H24ClN5O2. The van der Waals surface area contributed by atoms with Gasteiger partial charge in [-0.15, -0.1) is 10.2 Å². The zero-order chi connectivity index (χ0) is 20.9. The van der Waals surface area contributed by atoms with Crippen LogP contribution in [0.4, 0.5) is 5.82 Å². The minimum absolute atomic E-state index is 0.00520. The van der Waals surface area contributed by atoms with Crippen molar-refractivity contribution < 1.29 is 9.53 Å². The molecule has 0 saturated carbocycles. The SMILES string of the molecule is N#Cc1ccc(OC2CCN(C(=O)c3ccc(N4CCCCC4)nn3)CC2)cc1Cl. The average Bonchev–Trinajstić information content (AvgIpc) is 2.80. The number of likely N-dealkylation sites (tertiary alicyclic amines) is 1. The summed E-state index contributed by atoms with van der Waals surface area (Å²) in [4.78, 5) is 16.8. The van der Waals surface area contributed by atoms with Crippen molar-refractivity contribution in [2.24, 2.45) is 0 Å². The summed E-state index contributed by atoms with van der Waals surface area (Å²) in [7, 11) is 0. The van der Waals surface area contributed by atoms with Gasteiger partial charge in [0.2, 0.25) is 0 Å². The maximum Gasteiger partial charge on any atom is 0.274 e. The van der Waals surface area contributed by atoms with E-state index < -0.39 is 0 Å². The largest absolute Gasteiger partial charge is 0.490 e. The van der Waals surface area contributed by atoms with Crippen molar-refractivity contribution in [2.45, 2.75) is 38.2 Å². The zero-order valence-electron chi connectivity index (χ0n) is 16.8. The Morgan fingerprint density at radius 3 is 2.47 bits per heavy atom. The fraction of sp³-hybridized carbons (Fsp3) is 0.455. The highest BCUT2D eigenvalue weighted by Crippen LogP contribution is 2.25. The first-order valence-electron chi connectivity index (χ1n) is 10.4. The monoisotopic (exact) mass is 425 g/mol. The number of aromatic nitrogens is 2. The second-order valence-corrected chi connectivity index (χ2v) is 8.09.